The molecule has 178 valence electrons. The molecule has 1 aliphatic rings. The Bertz CT molecular complexity index is 1040. The van der Waals surface area contributed by atoms with E-state index >= 15 is 0 Å². The van der Waals surface area contributed by atoms with Gasteiger partial charge in [-0.2, -0.15) is 0 Å². The van der Waals surface area contributed by atoms with E-state index < -0.39 is 10.0 Å². The molecular formula is C25H34N4O3S. The molecule has 0 fully saturated rings. The van der Waals surface area contributed by atoms with E-state index in [4.69, 9.17) is 0 Å². The first-order chi connectivity index (χ1) is 16.0. The van der Waals surface area contributed by atoms with E-state index in [1.165, 1.54) is 36.4 Å². The van der Waals surface area contributed by atoms with Crippen LogP contribution in [-0.4, -0.2) is 24.6 Å². The smallest absolute Gasteiger partial charge is 0.269 e. The highest BCUT2D eigenvalue weighted by atomic mass is 32.2. The van der Waals surface area contributed by atoms with Gasteiger partial charge in [-0.25, -0.2) is 17.7 Å². The Balaban J connectivity index is 1.58. The van der Waals surface area contributed by atoms with Gasteiger partial charge in [0, 0.05) is 6.42 Å². The maximum absolute atomic E-state index is 13.3. The van der Waals surface area contributed by atoms with Crippen LogP contribution in [0.25, 0.3) is 0 Å². The molecule has 3 rings (SSSR count). The highest BCUT2D eigenvalue weighted by Crippen LogP contribution is 2.32. The van der Waals surface area contributed by atoms with E-state index in [9.17, 15) is 13.2 Å². The number of sulfonamides is 1. The minimum absolute atomic E-state index is 0.0850. The molecule has 0 aliphatic carbocycles. The number of rotatable bonds is 11. The molecule has 1 aliphatic heterocycles. The van der Waals surface area contributed by atoms with Crippen molar-refractivity contribution in [1.82, 2.24) is 15.2 Å². The Morgan fingerprint density at radius 3 is 2.24 bits per heavy atom. The van der Waals surface area contributed by atoms with Crippen molar-refractivity contribution >= 4 is 27.6 Å². The average molecular weight is 471 g/mol. The van der Waals surface area contributed by atoms with Crippen LogP contribution in [0, 0.1) is 0 Å². The number of guanidine groups is 1. The number of carbonyl (C=O) groups is 1. The topological polar surface area (TPSA) is 90.9 Å². The van der Waals surface area contributed by atoms with Crippen LogP contribution in [0.4, 0.5) is 5.69 Å². The zero-order valence-electron chi connectivity index (χ0n) is 19.3. The number of para-hydroxylation sites is 1. The summed E-state index contributed by atoms with van der Waals surface area (Å²) in [5, 5.41) is 0. The van der Waals surface area contributed by atoms with Gasteiger partial charge in [0.05, 0.1) is 12.2 Å². The highest BCUT2D eigenvalue weighted by Gasteiger charge is 2.34. The SMILES string of the molecule is CCCCCCCCCCC(=O)NNC1=Nc2ccccc2S(=O)(=O)N1Cc1ccccc1. The predicted octanol–water partition coefficient (Wildman–Crippen LogP) is 5.03. The maximum Gasteiger partial charge on any atom is 0.269 e. The van der Waals surface area contributed by atoms with Gasteiger partial charge in [0.2, 0.25) is 11.9 Å². The van der Waals surface area contributed by atoms with Crippen LogP contribution < -0.4 is 10.9 Å². The second-order valence-electron chi connectivity index (χ2n) is 8.30. The van der Waals surface area contributed by atoms with Crippen LogP contribution in [0.1, 0.15) is 70.3 Å². The van der Waals surface area contributed by atoms with Crippen molar-refractivity contribution in [3.05, 3.63) is 60.2 Å². The molecular weight excluding hydrogens is 436 g/mol. The molecule has 0 unspecified atom stereocenters. The standard InChI is InChI=1S/C25H34N4O3S/c1-2-3-4-5-6-7-8-12-19-24(30)27-28-25-26-22-17-13-14-18-23(22)33(31,32)29(25)20-21-15-10-9-11-16-21/h9-11,13-18H,2-8,12,19-20H2,1H3,(H,26,28)(H,27,30). The fourth-order valence-electron chi connectivity index (χ4n) is 3.78. The zero-order valence-corrected chi connectivity index (χ0v) is 20.1. The van der Waals surface area contributed by atoms with Crippen LogP contribution in [0.5, 0.6) is 0 Å². The Morgan fingerprint density at radius 1 is 0.879 bits per heavy atom. The Hall–Kier alpha value is -2.87. The van der Waals surface area contributed by atoms with E-state index in [0.717, 1.165) is 24.8 Å². The molecule has 1 amide bonds. The van der Waals surface area contributed by atoms with Crippen LogP contribution >= 0.6 is 0 Å². The Kier molecular flexibility index (Phi) is 9.30. The van der Waals surface area contributed by atoms with Gasteiger partial charge in [0.25, 0.3) is 10.0 Å². The van der Waals surface area contributed by atoms with Gasteiger partial charge in [-0.05, 0) is 24.1 Å². The maximum atomic E-state index is 13.3. The molecule has 0 aromatic heterocycles. The quantitative estimate of drug-likeness (QED) is 0.356. The summed E-state index contributed by atoms with van der Waals surface area (Å²) in [6.45, 7) is 2.32. The number of hydrogen-bond donors (Lipinski definition) is 2. The number of nitrogens with one attached hydrogen (secondary N) is 2. The summed E-state index contributed by atoms with van der Waals surface area (Å²) in [5.74, 6) is -0.0959. The van der Waals surface area contributed by atoms with Crippen molar-refractivity contribution in [1.29, 1.82) is 0 Å². The fourth-order valence-corrected chi connectivity index (χ4v) is 5.28. The monoisotopic (exact) mass is 470 g/mol. The van der Waals surface area contributed by atoms with Crippen LogP contribution in [0.2, 0.25) is 0 Å². The van der Waals surface area contributed by atoms with Crippen molar-refractivity contribution in [3.63, 3.8) is 0 Å². The molecule has 0 bridgehead atoms. The summed E-state index contributed by atoms with van der Waals surface area (Å²) >= 11 is 0. The third-order valence-electron chi connectivity index (χ3n) is 5.64. The number of benzene rings is 2. The van der Waals surface area contributed by atoms with Crippen LogP contribution in [-0.2, 0) is 21.4 Å². The Labute approximate surface area is 197 Å². The van der Waals surface area contributed by atoms with Gasteiger partial charge in [-0.1, -0.05) is 94.3 Å². The van der Waals surface area contributed by atoms with Crippen molar-refractivity contribution < 1.29 is 13.2 Å². The van der Waals surface area contributed by atoms with Gasteiger partial charge in [-0.3, -0.25) is 15.6 Å². The Morgan fingerprint density at radius 2 is 1.52 bits per heavy atom. The largest absolute Gasteiger partial charge is 0.273 e. The summed E-state index contributed by atoms with van der Waals surface area (Å²) in [7, 11) is -3.82. The van der Waals surface area contributed by atoms with Crippen LogP contribution in [0.15, 0.2) is 64.5 Å². The second kappa shape index (κ2) is 12.4. The minimum atomic E-state index is -3.82. The lowest BCUT2D eigenvalue weighted by atomic mass is 10.1. The second-order valence-corrected chi connectivity index (χ2v) is 10.1. The fraction of sp³-hybridized carbons (Fsp3) is 0.440. The van der Waals surface area contributed by atoms with E-state index in [1.54, 1.807) is 24.3 Å². The third-order valence-corrected chi connectivity index (χ3v) is 7.42. The number of hydrazine groups is 1. The summed E-state index contributed by atoms with van der Waals surface area (Å²) in [6.07, 6.45) is 9.64. The van der Waals surface area contributed by atoms with Gasteiger partial charge in [0.1, 0.15) is 4.90 Å². The number of carbonyl (C=O) groups excluding carboxylic acids is 1. The highest BCUT2D eigenvalue weighted by molar-refractivity contribution is 7.89. The van der Waals surface area contributed by atoms with Gasteiger partial charge >= 0.3 is 0 Å². The number of unbranched alkanes of at least 4 members (excludes halogenated alkanes) is 7. The lowest BCUT2D eigenvalue weighted by Crippen LogP contribution is -2.52. The van der Waals surface area contributed by atoms with Gasteiger partial charge < -0.3 is 0 Å². The molecule has 7 nitrogen and oxygen atoms in total. The number of fused-ring (bicyclic) bond motifs is 1. The van der Waals surface area contributed by atoms with E-state index in [0.29, 0.717) is 12.1 Å². The molecule has 0 saturated heterocycles. The van der Waals surface area contributed by atoms with Crippen LogP contribution in [0.3, 0.4) is 0 Å². The summed E-state index contributed by atoms with van der Waals surface area (Å²) in [6, 6.07) is 15.9. The predicted molar refractivity (Wildman–Crippen MR) is 131 cm³/mol. The van der Waals surface area contributed by atoms with Crippen molar-refractivity contribution in [2.45, 2.75) is 76.2 Å². The minimum Gasteiger partial charge on any atom is -0.273 e. The number of nitrogens with zero attached hydrogens (tertiary/aromatic N) is 2. The number of amides is 1. The van der Waals surface area contributed by atoms with E-state index in [-0.39, 0.29) is 23.3 Å². The molecule has 2 N–H and O–H groups in total. The van der Waals surface area contributed by atoms with E-state index in [1.807, 2.05) is 30.3 Å². The molecule has 8 heteroatoms. The van der Waals surface area contributed by atoms with Crippen molar-refractivity contribution in [2.75, 3.05) is 0 Å². The molecule has 2 aromatic carbocycles. The molecule has 1 heterocycles. The summed E-state index contributed by atoms with van der Waals surface area (Å²) in [5.41, 5.74) is 6.56. The molecule has 0 saturated carbocycles. The normalized spacial score (nSPS) is 14.3. The molecule has 0 spiro atoms. The average Bonchev–Trinajstić information content (AvgIpc) is 2.82. The molecule has 0 radical (unpaired) electrons. The molecule has 33 heavy (non-hydrogen) atoms. The first kappa shape index (κ1) is 24.8. The third kappa shape index (κ3) is 7.05. The first-order valence-corrected chi connectivity index (χ1v) is 13.3. The van der Waals surface area contributed by atoms with Gasteiger partial charge in [-0.15, -0.1) is 0 Å². The number of aliphatic imine (C=N–C) groups is 1. The number of hydrogen-bond acceptors (Lipinski definition) is 5. The first-order valence-electron chi connectivity index (χ1n) is 11.8. The zero-order chi connectivity index (χ0) is 23.5. The summed E-state index contributed by atoms with van der Waals surface area (Å²) in [4.78, 5) is 17.0. The lowest BCUT2D eigenvalue weighted by Gasteiger charge is -2.30. The molecule has 0 atom stereocenters. The van der Waals surface area contributed by atoms with Crippen molar-refractivity contribution in [3.8, 4) is 0 Å². The van der Waals surface area contributed by atoms with Crippen molar-refractivity contribution in [2.24, 2.45) is 4.99 Å². The lowest BCUT2D eigenvalue weighted by molar-refractivity contribution is -0.121. The summed E-state index contributed by atoms with van der Waals surface area (Å²) < 4.78 is 27.8. The van der Waals surface area contributed by atoms with E-state index in [2.05, 4.69) is 22.8 Å². The molecule has 2 aromatic rings. The van der Waals surface area contributed by atoms with Gasteiger partial charge in [0.15, 0.2) is 0 Å².